The summed E-state index contributed by atoms with van der Waals surface area (Å²) in [6, 6.07) is 5.11. The van der Waals surface area contributed by atoms with E-state index < -0.39 is 45.1 Å². The third kappa shape index (κ3) is 4.81. The number of carbonyl (C=O) groups excluding carboxylic acids is 1. The lowest BCUT2D eigenvalue weighted by molar-refractivity contribution is -0.290. The molecule has 2 aromatic rings. The average molecular weight is 511 g/mol. The Balaban J connectivity index is 1.78. The van der Waals surface area contributed by atoms with Crippen LogP contribution in [0.5, 0.6) is 5.88 Å². The van der Waals surface area contributed by atoms with Gasteiger partial charge in [-0.05, 0) is 25.0 Å². The van der Waals surface area contributed by atoms with Crippen LogP contribution in [0.25, 0.3) is 11.3 Å². The second-order valence-corrected chi connectivity index (χ2v) is 9.57. The molecule has 0 bridgehead atoms. The van der Waals surface area contributed by atoms with Gasteiger partial charge < -0.3 is 9.47 Å². The average Bonchev–Trinajstić information content (AvgIpc) is 2.82. The quantitative estimate of drug-likeness (QED) is 0.330. The Morgan fingerprint density at radius 3 is 2.21 bits per heavy atom. The SMILES string of the molecule is O=C(NO)C1(S(=O)(=O)c2ccc(-c3cnc(OCC(F)(F)C(F)(F)F)cn3)cc2)CCOCC1. The maximum Gasteiger partial charge on any atom is 0.456 e. The van der Waals surface area contributed by atoms with Crippen molar-refractivity contribution in [2.75, 3.05) is 19.8 Å². The number of amides is 1. The number of nitrogens with zero attached hydrogens (tertiary/aromatic N) is 2. The van der Waals surface area contributed by atoms with Crippen molar-refractivity contribution < 1.29 is 49.8 Å². The van der Waals surface area contributed by atoms with Gasteiger partial charge in [-0.25, -0.2) is 23.9 Å². The molecule has 9 nitrogen and oxygen atoms in total. The summed E-state index contributed by atoms with van der Waals surface area (Å²) in [5.74, 6) is -6.70. The van der Waals surface area contributed by atoms with Crippen LogP contribution in [0, 0.1) is 0 Å². The first-order valence-electron chi connectivity index (χ1n) is 9.61. The molecule has 1 aliphatic heterocycles. The monoisotopic (exact) mass is 511 g/mol. The van der Waals surface area contributed by atoms with E-state index in [1.54, 1.807) is 0 Å². The fourth-order valence-electron chi connectivity index (χ4n) is 3.24. The van der Waals surface area contributed by atoms with E-state index in [0.717, 1.165) is 12.4 Å². The first-order chi connectivity index (χ1) is 15.8. The highest BCUT2D eigenvalue weighted by Crippen LogP contribution is 2.37. The van der Waals surface area contributed by atoms with Gasteiger partial charge in [0.25, 0.3) is 5.91 Å². The minimum absolute atomic E-state index is 0.00362. The zero-order valence-corrected chi connectivity index (χ0v) is 18.0. The van der Waals surface area contributed by atoms with Crippen molar-refractivity contribution in [3.63, 3.8) is 0 Å². The van der Waals surface area contributed by atoms with E-state index in [0.29, 0.717) is 5.56 Å². The molecule has 2 N–H and O–H groups in total. The summed E-state index contributed by atoms with van der Waals surface area (Å²) in [5.41, 5.74) is 1.89. The van der Waals surface area contributed by atoms with Crippen LogP contribution in [0.15, 0.2) is 41.6 Å². The van der Waals surface area contributed by atoms with Crippen molar-refractivity contribution in [3.8, 4) is 17.1 Å². The Morgan fingerprint density at radius 1 is 1.09 bits per heavy atom. The minimum Gasteiger partial charge on any atom is -0.470 e. The zero-order valence-electron chi connectivity index (χ0n) is 17.2. The van der Waals surface area contributed by atoms with E-state index in [1.165, 1.54) is 29.7 Å². The molecule has 1 aliphatic rings. The first kappa shape index (κ1) is 25.7. The van der Waals surface area contributed by atoms with Crippen molar-refractivity contribution in [2.45, 2.75) is 34.6 Å². The molecule has 0 spiro atoms. The molecule has 186 valence electrons. The summed E-state index contributed by atoms with van der Waals surface area (Å²) >= 11 is 0. The second-order valence-electron chi connectivity index (χ2n) is 7.31. The highest BCUT2D eigenvalue weighted by molar-refractivity contribution is 7.93. The Hall–Kier alpha value is -2.91. The summed E-state index contributed by atoms with van der Waals surface area (Å²) < 4.78 is 96.5. The van der Waals surface area contributed by atoms with Crippen LogP contribution in [0.2, 0.25) is 0 Å². The third-order valence-electron chi connectivity index (χ3n) is 5.23. The summed E-state index contributed by atoms with van der Waals surface area (Å²) in [6.07, 6.45) is -4.21. The number of hydrogen-bond acceptors (Lipinski definition) is 8. The van der Waals surface area contributed by atoms with Crippen LogP contribution in [0.1, 0.15) is 12.8 Å². The van der Waals surface area contributed by atoms with Crippen molar-refractivity contribution >= 4 is 15.7 Å². The number of aromatic nitrogens is 2. The number of sulfone groups is 1. The normalized spacial score (nSPS) is 16.6. The lowest BCUT2D eigenvalue weighted by atomic mass is 9.98. The lowest BCUT2D eigenvalue weighted by Crippen LogP contribution is -2.54. The Morgan fingerprint density at radius 2 is 1.71 bits per heavy atom. The van der Waals surface area contributed by atoms with Gasteiger partial charge in [-0.2, -0.15) is 22.0 Å². The second kappa shape index (κ2) is 9.38. The van der Waals surface area contributed by atoms with Gasteiger partial charge in [-0.1, -0.05) is 12.1 Å². The molecule has 1 aromatic carbocycles. The summed E-state index contributed by atoms with van der Waals surface area (Å²) in [7, 11) is -4.25. The third-order valence-corrected chi connectivity index (χ3v) is 7.75. The van der Waals surface area contributed by atoms with Gasteiger partial charge >= 0.3 is 12.1 Å². The van der Waals surface area contributed by atoms with Gasteiger partial charge in [0, 0.05) is 18.8 Å². The van der Waals surface area contributed by atoms with Gasteiger partial charge in [-0.3, -0.25) is 10.0 Å². The van der Waals surface area contributed by atoms with Crippen LogP contribution in [-0.4, -0.2) is 66.2 Å². The van der Waals surface area contributed by atoms with Gasteiger partial charge in [0.2, 0.25) is 5.88 Å². The van der Waals surface area contributed by atoms with Crippen molar-refractivity contribution in [1.29, 1.82) is 0 Å². The van der Waals surface area contributed by atoms with Gasteiger partial charge in [0.05, 0.1) is 23.0 Å². The van der Waals surface area contributed by atoms with Crippen LogP contribution in [0.3, 0.4) is 0 Å². The molecule has 1 aromatic heterocycles. The number of benzene rings is 1. The number of nitrogens with one attached hydrogen (secondary N) is 1. The zero-order chi connectivity index (χ0) is 25.2. The minimum atomic E-state index is -5.77. The number of hydrogen-bond donors (Lipinski definition) is 2. The Bertz CT molecular complexity index is 1120. The van der Waals surface area contributed by atoms with Crippen LogP contribution >= 0.6 is 0 Å². The molecule has 3 rings (SSSR count). The molecule has 1 fully saturated rings. The largest absolute Gasteiger partial charge is 0.470 e. The molecule has 0 aliphatic carbocycles. The predicted octanol–water partition coefficient (Wildman–Crippen LogP) is 2.55. The molecular weight excluding hydrogens is 493 g/mol. The van der Waals surface area contributed by atoms with Crippen molar-refractivity contribution in [1.82, 2.24) is 15.4 Å². The maximum absolute atomic E-state index is 13.2. The first-order valence-corrected chi connectivity index (χ1v) is 11.1. The molecule has 0 radical (unpaired) electrons. The molecule has 0 saturated carbocycles. The molecule has 34 heavy (non-hydrogen) atoms. The summed E-state index contributed by atoms with van der Waals surface area (Å²) in [6.45, 7) is -1.96. The van der Waals surface area contributed by atoms with Gasteiger partial charge in [-0.15, -0.1) is 0 Å². The topological polar surface area (TPSA) is 128 Å². The van der Waals surface area contributed by atoms with E-state index in [-0.39, 0.29) is 36.6 Å². The van der Waals surface area contributed by atoms with E-state index in [2.05, 4.69) is 14.7 Å². The van der Waals surface area contributed by atoms with Crippen LogP contribution < -0.4 is 10.2 Å². The van der Waals surface area contributed by atoms with Crippen LogP contribution in [0.4, 0.5) is 22.0 Å². The van der Waals surface area contributed by atoms with Crippen molar-refractivity contribution in [2.24, 2.45) is 0 Å². The molecule has 2 heterocycles. The summed E-state index contributed by atoms with van der Waals surface area (Å²) in [5, 5.41) is 9.07. The lowest BCUT2D eigenvalue weighted by Gasteiger charge is -2.34. The molecular formula is C19H18F5N3O6S. The standard InChI is InChI=1S/C19H18F5N3O6S/c20-18(21,19(22,23)24)11-33-15-10-25-14(9-26-15)12-1-3-13(4-2-12)34(30,31)17(16(28)27-29)5-7-32-8-6-17/h1-4,9-10,29H,5-8,11H2,(H,27,28). The van der Waals surface area contributed by atoms with E-state index in [1.807, 2.05) is 0 Å². The van der Waals surface area contributed by atoms with E-state index in [9.17, 15) is 35.2 Å². The molecule has 15 heteroatoms. The number of rotatable bonds is 7. The molecule has 1 amide bonds. The Kier molecular flexibility index (Phi) is 7.10. The Labute approximate surface area is 189 Å². The number of alkyl halides is 5. The summed E-state index contributed by atoms with van der Waals surface area (Å²) in [4.78, 5) is 19.6. The number of hydroxylamine groups is 1. The van der Waals surface area contributed by atoms with Crippen molar-refractivity contribution in [3.05, 3.63) is 36.7 Å². The molecule has 0 unspecified atom stereocenters. The van der Waals surface area contributed by atoms with E-state index in [4.69, 9.17) is 9.94 Å². The number of carbonyl (C=O) groups is 1. The van der Waals surface area contributed by atoms with E-state index >= 15 is 0 Å². The smallest absolute Gasteiger partial charge is 0.456 e. The molecule has 1 saturated heterocycles. The predicted molar refractivity (Wildman–Crippen MR) is 104 cm³/mol. The highest BCUT2D eigenvalue weighted by Gasteiger charge is 2.58. The van der Waals surface area contributed by atoms with Crippen LogP contribution in [-0.2, 0) is 19.4 Å². The molecule has 0 atom stereocenters. The fourth-order valence-corrected chi connectivity index (χ4v) is 5.18. The number of ether oxygens (including phenoxy) is 2. The van der Waals surface area contributed by atoms with Gasteiger partial charge in [0.1, 0.15) is 0 Å². The fraction of sp³-hybridized carbons (Fsp3) is 0.421. The maximum atomic E-state index is 13.2. The highest BCUT2D eigenvalue weighted by atomic mass is 32.2. The van der Waals surface area contributed by atoms with Gasteiger partial charge in [0.15, 0.2) is 21.2 Å². The number of halogens is 5.